The summed E-state index contributed by atoms with van der Waals surface area (Å²) in [5, 5.41) is 3.28. The second kappa shape index (κ2) is 9.84. The highest BCUT2D eigenvalue weighted by atomic mass is 16.5. The Balaban J connectivity index is 2.04. The second-order valence-electron chi connectivity index (χ2n) is 6.24. The molecule has 0 heterocycles. The Morgan fingerprint density at radius 2 is 1.95 bits per heavy atom. The Hall–Kier alpha value is -0.990. The third-order valence-corrected chi connectivity index (χ3v) is 3.85. The van der Waals surface area contributed by atoms with Gasteiger partial charge in [-0.1, -0.05) is 44.9 Å². The molecule has 0 saturated heterocycles. The molecule has 3 heteroatoms. The molecule has 0 aromatic heterocycles. The van der Waals surface area contributed by atoms with Crippen LogP contribution in [0.5, 0.6) is 0 Å². The smallest absolute Gasteiger partial charge is 0.332 e. The van der Waals surface area contributed by atoms with Crippen molar-refractivity contribution in [1.82, 2.24) is 5.32 Å². The fourth-order valence-corrected chi connectivity index (χ4v) is 2.81. The van der Waals surface area contributed by atoms with E-state index < -0.39 is 0 Å². The van der Waals surface area contributed by atoms with Crippen molar-refractivity contribution in [3.05, 3.63) is 11.8 Å². The first kappa shape index (κ1) is 17.1. The molecule has 0 aromatic carbocycles. The lowest BCUT2D eigenvalue weighted by molar-refractivity contribution is -0.141. The summed E-state index contributed by atoms with van der Waals surface area (Å²) in [7, 11) is 0. The molecule has 0 aliphatic heterocycles. The Morgan fingerprint density at radius 1 is 1.25 bits per heavy atom. The number of nitrogens with one attached hydrogen (secondary N) is 1. The number of carbonyl (C=O) groups excluding carboxylic acids is 1. The molecule has 1 aliphatic rings. The van der Waals surface area contributed by atoms with E-state index in [0.717, 1.165) is 18.2 Å². The Kier molecular flexibility index (Phi) is 8.40. The number of carbonyl (C=O) groups is 1. The van der Waals surface area contributed by atoms with E-state index in [-0.39, 0.29) is 12.1 Å². The lowest BCUT2D eigenvalue weighted by Gasteiger charge is -2.21. The minimum atomic E-state index is -0.257. The van der Waals surface area contributed by atoms with Crippen molar-refractivity contribution in [2.24, 2.45) is 5.92 Å². The van der Waals surface area contributed by atoms with Gasteiger partial charge < -0.3 is 10.1 Å². The second-order valence-corrected chi connectivity index (χ2v) is 6.24. The molecular weight excluding hydrogens is 250 g/mol. The van der Waals surface area contributed by atoms with Crippen LogP contribution in [0.15, 0.2) is 11.8 Å². The molecule has 1 aliphatic carbocycles. The number of allylic oxidation sites excluding steroid dienone is 1. The van der Waals surface area contributed by atoms with Crippen LogP contribution in [-0.4, -0.2) is 18.6 Å². The third-order valence-electron chi connectivity index (χ3n) is 3.85. The van der Waals surface area contributed by atoms with Crippen molar-refractivity contribution in [2.75, 3.05) is 6.54 Å². The highest BCUT2D eigenvalue weighted by Crippen LogP contribution is 2.27. The maximum absolute atomic E-state index is 11.4. The first-order chi connectivity index (χ1) is 9.58. The van der Waals surface area contributed by atoms with Crippen molar-refractivity contribution in [3.63, 3.8) is 0 Å². The van der Waals surface area contributed by atoms with Gasteiger partial charge in [-0.05, 0) is 33.1 Å². The Morgan fingerprint density at radius 3 is 2.60 bits per heavy atom. The van der Waals surface area contributed by atoms with E-state index in [1.54, 1.807) is 6.08 Å². The zero-order valence-electron chi connectivity index (χ0n) is 13.4. The van der Waals surface area contributed by atoms with E-state index in [4.69, 9.17) is 4.74 Å². The summed E-state index contributed by atoms with van der Waals surface area (Å²) in [5.41, 5.74) is 0.897. The molecule has 0 atom stereocenters. The van der Waals surface area contributed by atoms with E-state index in [0.29, 0.717) is 0 Å². The standard InChI is InChI=1S/C17H31NO2/c1-14(2)20-17(19)13-15(3)18-12-8-7-11-16-9-5-4-6-10-16/h13-14,16,18H,4-12H2,1-3H3/b15-13-. The van der Waals surface area contributed by atoms with E-state index in [1.807, 2.05) is 20.8 Å². The molecule has 0 bridgehead atoms. The van der Waals surface area contributed by atoms with Gasteiger partial charge in [0.25, 0.3) is 0 Å². The predicted molar refractivity (Wildman–Crippen MR) is 83.4 cm³/mol. The summed E-state index contributed by atoms with van der Waals surface area (Å²) in [5.74, 6) is 0.716. The van der Waals surface area contributed by atoms with Crippen molar-refractivity contribution in [3.8, 4) is 0 Å². The molecule has 0 radical (unpaired) electrons. The van der Waals surface area contributed by atoms with Gasteiger partial charge in [0.15, 0.2) is 0 Å². The summed E-state index contributed by atoms with van der Waals surface area (Å²) >= 11 is 0. The van der Waals surface area contributed by atoms with Gasteiger partial charge in [-0.3, -0.25) is 0 Å². The number of hydrogen-bond acceptors (Lipinski definition) is 3. The number of esters is 1. The van der Waals surface area contributed by atoms with Crippen LogP contribution in [0.2, 0.25) is 0 Å². The number of ether oxygens (including phenoxy) is 1. The van der Waals surface area contributed by atoms with Gasteiger partial charge in [-0.2, -0.15) is 0 Å². The number of rotatable bonds is 8. The normalized spacial score (nSPS) is 17.3. The molecular formula is C17H31NO2. The van der Waals surface area contributed by atoms with Crippen LogP contribution in [0.4, 0.5) is 0 Å². The van der Waals surface area contributed by atoms with Crippen molar-refractivity contribution < 1.29 is 9.53 Å². The van der Waals surface area contributed by atoms with Crippen LogP contribution in [0.1, 0.15) is 72.1 Å². The molecule has 3 nitrogen and oxygen atoms in total. The van der Waals surface area contributed by atoms with Crippen LogP contribution >= 0.6 is 0 Å². The Bertz CT molecular complexity index is 304. The van der Waals surface area contributed by atoms with E-state index in [1.165, 1.54) is 51.4 Å². The molecule has 0 unspecified atom stereocenters. The zero-order valence-corrected chi connectivity index (χ0v) is 13.4. The Labute approximate surface area is 124 Å². The van der Waals surface area contributed by atoms with Crippen LogP contribution < -0.4 is 5.32 Å². The van der Waals surface area contributed by atoms with Crippen LogP contribution in [0.3, 0.4) is 0 Å². The first-order valence-electron chi connectivity index (χ1n) is 8.20. The van der Waals surface area contributed by atoms with E-state index >= 15 is 0 Å². The minimum absolute atomic E-state index is 0.0537. The van der Waals surface area contributed by atoms with Gasteiger partial charge in [-0.15, -0.1) is 0 Å². The topological polar surface area (TPSA) is 38.3 Å². The average Bonchev–Trinajstić information content (AvgIpc) is 2.38. The van der Waals surface area contributed by atoms with Crippen LogP contribution in [-0.2, 0) is 9.53 Å². The lowest BCUT2D eigenvalue weighted by Crippen LogP contribution is -2.16. The van der Waals surface area contributed by atoms with Gasteiger partial charge in [-0.25, -0.2) is 4.79 Å². The molecule has 1 fully saturated rings. The fourth-order valence-electron chi connectivity index (χ4n) is 2.81. The molecule has 20 heavy (non-hydrogen) atoms. The van der Waals surface area contributed by atoms with E-state index in [9.17, 15) is 4.79 Å². The SMILES string of the molecule is C/C(=C/C(=O)OC(C)C)NCCCCC1CCCCC1. The van der Waals surface area contributed by atoms with Gasteiger partial charge in [0, 0.05) is 18.3 Å². The van der Waals surface area contributed by atoms with Gasteiger partial charge in [0.1, 0.15) is 0 Å². The summed E-state index contributed by atoms with van der Waals surface area (Å²) < 4.78 is 5.07. The summed E-state index contributed by atoms with van der Waals surface area (Å²) in [6.45, 7) is 6.59. The van der Waals surface area contributed by atoms with Gasteiger partial charge in [0.05, 0.1) is 6.10 Å². The maximum atomic E-state index is 11.4. The molecule has 1 N–H and O–H groups in total. The van der Waals surface area contributed by atoms with Crippen LogP contribution in [0.25, 0.3) is 0 Å². The molecule has 116 valence electrons. The quantitative estimate of drug-likeness (QED) is 0.412. The summed E-state index contributed by atoms with van der Waals surface area (Å²) in [6.07, 6.45) is 12.5. The summed E-state index contributed by atoms with van der Waals surface area (Å²) in [6, 6.07) is 0. The van der Waals surface area contributed by atoms with Crippen LogP contribution in [0, 0.1) is 5.92 Å². The molecule has 1 rings (SSSR count). The molecule has 0 aromatic rings. The molecule has 1 saturated carbocycles. The summed E-state index contributed by atoms with van der Waals surface area (Å²) in [4.78, 5) is 11.4. The van der Waals surface area contributed by atoms with Crippen molar-refractivity contribution in [1.29, 1.82) is 0 Å². The van der Waals surface area contributed by atoms with Crippen molar-refractivity contribution in [2.45, 2.75) is 78.2 Å². The lowest BCUT2D eigenvalue weighted by atomic mass is 9.86. The van der Waals surface area contributed by atoms with Gasteiger partial charge in [0.2, 0.25) is 0 Å². The minimum Gasteiger partial charge on any atom is -0.460 e. The van der Waals surface area contributed by atoms with Gasteiger partial charge >= 0.3 is 5.97 Å². The monoisotopic (exact) mass is 281 g/mol. The average molecular weight is 281 g/mol. The first-order valence-corrected chi connectivity index (χ1v) is 8.20. The number of unbranched alkanes of at least 4 members (excludes halogenated alkanes) is 1. The number of hydrogen-bond donors (Lipinski definition) is 1. The molecule has 0 amide bonds. The largest absolute Gasteiger partial charge is 0.460 e. The fraction of sp³-hybridized carbons (Fsp3) is 0.824. The highest BCUT2D eigenvalue weighted by molar-refractivity contribution is 5.82. The van der Waals surface area contributed by atoms with Crippen molar-refractivity contribution >= 4 is 5.97 Å². The zero-order chi connectivity index (χ0) is 14.8. The highest BCUT2D eigenvalue weighted by Gasteiger charge is 2.12. The van der Waals surface area contributed by atoms with E-state index in [2.05, 4.69) is 5.32 Å². The third kappa shape index (κ3) is 8.23. The maximum Gasteiger partial charge on any atom is 0.332 e. The predicted octanol–water partition coefficient (Wildman–Crippen LogP) is 4.18. The molecule has 0 spiro atoms.